The van der Waals surface area contributed by atoms with E-state index < -0.39 is 17.4 Å². The number of rotatable bonds is 5. The predicted molar refractivity (Wildman–Crippen MR) is 93.2 cm³/mol. The van der Waals surface area contributed by atoms with E-state index in [4.69, 9.17) is 0 Å². The second-order valence-corrected chi connectivity index (χ2v) is 7.59. The molecule has 1 aromatic rings. The van der Waals surface area contributed by atoms with E-state index in [0.29, 0.717) is 12.0 Å². The summed E-state index contributed by atoms with van der Waals surface area (Å²) < 4.78 is 54.8. The highest BCUT2D eigenvalue weighted by Gasteiger charge is 2.58. The Morgan fingerprint density at radius 2 is 1.72 bits per heavy atom. The Labute approximate surface area is 147 Å². The molecule has 0 unspecified atom stereocenters. The molecule has 3 rings (SSSR count). The first-order chi connectivity index (χ1) is 11.8. The second-order valence-electron chi connectivity index (χ2n) is 7.59. The number of allylic oxidation sites excluding steroid dienone is 1. The fourth-order valence-electron chi connectivity index (χ4n) is 4.21. The number of alkyl halides is 4. The zero-order valence-electron chi connectivity index (χ0n) is 14.7. The van der Waals surface area contributed by atoms with E-state index in [0.717, 1.165) is 30.4 Å². The zero-order chi connectivity index (χ0) is 18.1. The summed E-state index contributed by atoms with van der Waals surface area (Å²) in [6, 6.07) is 4.52. The van der Waals surface area contributed by atoms with E-state index in [1.54, 1.807) is 12.1 Å². The van der Waals surface area contributed by atoms with Gasteiger partial charge in [-0.2, -0.15) is 17.6 Å². The maximum absolute atomic E-state index is 13.9. The average molecular weight is 354 g/mol. The molecule has 0 aliphatic heterocycles. The van der Waals surface area contributed by atoms with Crippen LogP contribution in [0.1, 0.15) is 80.9 Å². The van der Waals surface area contributed by atoms with Gasteiger partial charge in [0.15, 0.2) is 0 Å². The van der Waals surface area contributed by atoms with Crippen molar-refractivity contribution in [3.63, 3.8) is 0 Å². The number of fused-ring (bicyclic) bond motifs is 1. The molecule has 25 heavy (non-hydrogen) atoms. The van der Waals surface area contributed by atoms with Crippen molar-refractivity contribution in [3.05, 3.63) is 41.0 Å². The van der Waals surface area contributed by atoms with Gasteiger partial charge >= 0.3 is 11.8 Å². The quantitative estimate of drug-likeness (QED) is 0.384. The highest BCUT2D eigenvalue weighted by Crippen LogP contribution is 2.49. The maximum Gasteiger partial charge on any atom is 0.339 e. The first-order valence-electron chi connectivity index (χ1n) is 9.44. The van der Waals surface area contributed by atoms with Crippen molar-refractivity contribution in [3.8, 4) is 0 Å². The number of hydrogen-bond donors (Lipinski definition) is 0. The first kappa shape index (κ1) is 18.5. The van der Waals surface area contributed by atoms with Crippen molar-refractivity contribution in [1.82, 2.24) is 0 Å². The highest BCUT2D eigenvalue weighted by atomic mass is 19.3. The summed E-state index contributed by atoms with van der Waals surface area (Å²) in [7, 11) is 0. The van der Waals surface area contributed by atoms with Crippen molar-refractivity contribution in [2.45, 2.75) is 76.1 Å². The fraction of sp³-hybridized carbons (Fsp3) is 0.619. The molecule has 0 nitrogen and oxygen atoms in total. The minimum atomic E-state index is -4.13. The van der Waals surface area contributed by atoms with Crippen LogP contribution in [0.5, 0.6) is 0 Å². The third kappa shape index (κ3) is 3.63. The van der Waals surface area contributed by atoms with Crippen molar-refractivity contribution >= 4 is 6.08 Å². The van der Waals surface area contributed by atoms with E-state index in [-0.39, 0.29) is 5.56 Å². The molecule has 1 saturated carbocycles. The van der Waals surface area contributed by atoms with Gasteiger partial charge in [-0.25, -0.2) is 0 Å². The summed E-state index contributed by atoms with van der Waals surface area (Å²) in [4.78, 5) is 0. The van der Waals surface area contributed by atoms with E-state index >= 15 is 0 Å². The molecule has 0 N–H and O–H groups in total. The lowest BCUT2D eigenvalue weighted by Crippen LogP contribution is -2.38. The van der Waals surface area contributed by atoms with Crippen LogP contribution in [0.2, 0.25) is 0 Å². The van der Waals surface area contributed by atoms with Crippen LogP contribution in [-0.4, -0.2) is 5.92 Å². The third-order valence-corrected chi connectivity index (χ3v) is 5.84. The van der Waals surface area contributed by atoms with E-state index in [9.17, 15) is 17.6 Å². The summed E-state index contributed by atoms with van der Waals surface area (Å²) in [6.45, 7) is 2.21. The fourth-order valence-corrected chi connectivity index (χ4v) is 4.21. The Kier molecular flexibility index (Phi) is 5.26. The molecule has 2 aliphatic rings. The number of benzene rings is 1. The van der Waals surface area contributed by atoms with Crippen LogP contribution in [-0.2, 0) is 5.92 Å². The summed E-state index contributed by atoms with van der Waals surface area (Å²) in [6.07, 6.45) is 11.1. The molecule has 0 saturated heterocycles. The molecule has 4 heteroatoms. The molecular weight excluding hydrogens is 328 g/mol. The Morgan fingerprint density at radius 1 is 1.00 bits per heavy atom. The molecule has 2 aliphatic carbocycles. The lowest BCUT2D eigenvalue weighted by atomic mass is 9.76. The molecule has 0 aromatic heterocycles. The summed E-state index contributed by atoms with van der Waals surface area (Å²) in [5.74, 6) is -7.11. The van der Waals surface area contributed by atoms with Gasteiger partial charge in [-0.1, -0.05) is 56.9 Å². The first-order valence-corrected chi connectivity index (χ1v) is 9.44. The Hall–Kier alpha value is -1.32. The highest BCUT2D eigenvalue weighted by molar-refractivity contribution is 5.61. The lowest BCUT2D eigenvalue weighted by molar-refractivity contribution is -0.187. The van der Waals surface area contributed by atoms with Gasteiger partial charge in [0.1, 0.15) is 0 Å². The average Bonchev–Trinajstić information content (AvgIpc) is 2.59. The zero-order valence-corrected chi connectivity index (χ0v) is 14.7. The molecule has 138 valence electrons. The smallest absolute Gasteiger partial charge is 0.195 e. The van der Waals surface area contributed by atoms with Gasteiger partial charge in [0.25, 0.3) is 0 Å². The minimum absolute atomic E-state index is 0.235. The van der Waals surface area contributed by atoms with Crippen molar-refractivity contribution in [2.24, 2.45) is 5.92 Å². The van der Waals surface area contributed by atoms with Crippen molar-refractivity contribution in [2.75, 3.05) is 0 Å². The van der Waals surface area contributed by atoms with Gasteiger partial charge in [-0.05, 0) is 54.7 Å². The van der Waals surface area contributed by atoms with Gasteiger partial charge in [0, 0.05) is 5.56 Å². The van der Waals surface area contributed by atoms with Crippen LogP contribution >= 0.6 is 0 Å². The molecule has 0 amide bonds. The van der Waals surface area contributed by atoms with Crippen LogP contribution in [0.25, 0.3) is 6.08 Å². The van der Waals surface area contributed by atoms with Crippen molar-refractivity contribution < 1.29 is 17.6 Å². The van der Waals surface area contributed by atoms with Gasteiger partial charge in [-0.3, -0.25) is 0 Å². The molecular formula is C21H26F4. The predicted octanol–water partition coefficient (Wildman–Crippen LogP) is 7.29. The largest absolute Gasteiger partial charge is 0.339 e. The lowest BCUT2D eigenvalue weighted by Gasteiger charge is -2.31. The minimum Gasteiger partial charge on any atom is -0.195 e. The van der Waals surface area contributed by atoms with Crippen LogP contribution in [0.3, 0.4) is 0 Å². The molecule has 0 radical (unpaired) electrons. The maximum atomic E-state index is 13.9. The SMILES string of the molecule is CCCCCC1CCC(c2ccc3c(c2)C=CC(F)(F)C3(F)F)CC1. The topological polar surface area (TPSA) is 0 Å². The summed E-state index contributed by atoms with van der Waals surface area (Å²) in [5.41, 5.74) is 0.687. The number of unbranched alkanes of at least 4 members (excludes halogenated alkanes) is 2. The van der Waals surface area contributed by atoms with Crippen LogP contribution in [0, 0.1) is 5.92 Å². The van der Waals surface area contributed by atoms with Gasteiger partial charge < -0.3 is 0 Å². The van der Waals surface area contributed by atoms with Crippen molar-refractivity contribution in [1.29, 1.82) is 0 Å². The third-order valence-electron chi connectivity index (χ3n) is 5.84. The molecule has 0 heterocycles. The number of hydrogen-bond acceptors (Lipinski definition) is 0. The van der Waals surface area contributed by atoms with Crippen LogP contribution < -0.4 is 0 Å². The van der Waals surface area contributed by atoms with Crippen LogP contribution in [0.4, 0.5) is 17.6 Å². The van der Waals surface area contributed by atoms with E-state index in [1.807, 2.05) is 0 Å². The normalized spacial score (nSPS) is 27.1. The monoisotopic (exact) mass is 354 g/mol. The van der Waals surface area contributed by atoms with Gasteiger partial charge in [0.05, 0.1) is 0 Å². The summed E-state index contributed by atoms with van der Waals surface area (Å²) in [5, 5.41) is 0. The Bertz CT molecular complexity index is 625. The van der Waals surface area contributed by atoms with E-state index in [1.165, 1.54) is 44.6 Å². The molecule has 0 atom stereocenters. The molecule has 1 aromatic carbocycles. The number of halogens is 4. The standard InChI is InChI=1S/C21H26F4/c1-2-3-4-5-15-6-8-16(9-7-15)17-10-11-19-18(14-17)12-13-20(22,23)21(19,24)25/h10-16H,2-9H2,1H3. The molecule has 0 spiro atoms. The summed E-state index contributed by atoms with van der Waals surface area (Å²) >= 11 is 0. The van der Waals surface area contributed by atoms with E-state index in [2.05, 4.69) is 6.92 Å². The van der Waals surface area contributed by atoms with Crippen LogP contribution in [0.15, 0.2) is 24.3 Å². The molecule has 1 fully saturated rings. The van der Waals surface area contributed by atoms with Gasteiger partial charge in [-0.15, -0.1) is 0 Å². The second kappa shape index (κ2) is 7.13. The Balaban J connectivity index is 1.68. The molecule has 0 bridgehead atoms. The van der Waals surface area contributed by atoms with Gasteiger partial charge in [0.2, 0.25) is 0 Å². The Morgan fingerprint density at radius 3 is 2.40 bits per heavy atom.